The van der Waals surface area contributed by atoms with Crippen LogP contribution in [0.4, 0.5) is 10.3 Å². The zero-order valence-electron chi connectivity index (χ0n) is 14.3. The number of likely N-dealkylation sites (N-methyl/N-ethyl adjacent to an activating group) is 1. The van der Waals surface area contributed by atoms with E-state index in [1.165, 1.54) is 6.07 Å². The largest absolute Gasteiger partial charge is 0.338 e. The molecule has 24 heavy (non-hydrogen) atoms. The van der Waals surface area contributed by atoms with Crippen LogP contribution in [0.1, 0.15) is 11.6 Å². The summed E-state index contributed by atoms with van der Waals surface area (Å²) in [7, 11) is 4.01. The van der Waals surface area contributed by atoms with Crippen LogP contribution in [0.15, 0.2) is 42.7 Å². The van der Waals surface area contributed by atoms with Crippen LogP contribution >= 0.6 is 0 Å². The molecule has 1 atom stereocenters. The molecule has 1 saturated heterocycles. The quantitative estimate of drug-likeness (QED) is 0.839. The minimum atomic E-state index is -0.132. The van der Waals surface area contributed by atoms with Gasteiger partial charge in [-0.2, -0.15) is 0 Å². The standard InChI is InChI=1S/C18H24FN5/c1-22(2)17(15-6-3-4-7-16(15)19)14-23-10-12-24(13-11-23)18-20-8-5-9-21-18/h3-9,17H,10-14H2,1-2H3/t17-/m1/s1. The van der Waals surface area contributed by atoms with Gasteiger partial charge in [0.1, 0.15) is 5.82 Å². The second-order valence-corrected chi connectivity index (χ2v) is 6.34. The molecule has 0 spiro atoms. The van der Waals surface area contributed by atoms with Gasteiger partial charge in [0.2, 0.25) is 5.95 Å². The van der Waals surface area contributed by atoms with Crippen LogP contribution in [0.5, 0.6) is 0 Å². The first kappa shape index (κ1) is 16.8. The van der Waals surface area contributed by atoms with Gasteiger partial charge in [-0.25, -0.2) is 14.4 Å². The molecule has 0 aliphatic carbocycles. The van der Waals surface area contributed by atoms with Crippen molar-refractivity contribution in [1.29, 1.82) is 0 Å². The maximum atomic E-state index is 14.2. The number of aromatic nitrogens is 2. The van der Waals surface area contributed by atoms with Gasteiger partial charge in [0.25, 0.3) is 0 Å². The van der Waals surface area contributed by atoms with Gasteiger partial charge < -0.3 is 9.80 Å². The van der Waals surface area contributed by atoms with E-state index in [0.717, 1.165) is 44.2 Å². The number of nitrogens with zero attached hydrogens (tertiary/aromatic N) is 5. The summed E-state index contributed by atoms with van der Waals surface area (Å²) in [4.78, 5) is 15.3. The molecule has 0 saturated carbocycles. The second-order valence-electron chi connectivity index (χ2n) is 6.34. The van der Waals surface area contributed by atoms with Gasteiger partial charge in [-0.1, -0.05) is 18.2 Å². The highest BCUT2D eigenvalue weighted by atomic mass is 19.1. The molecule has 0 radical (unpaired) electrons. The Morgan fingerprint density at radius 2 is 1.71 bits per heavy atom. The molecule has 0 bridgehead atoms. The summed E-state index contributed by atoms with van der Waals surface area (Å²) in [6.07, 6.45) is 3.55. The number of rotatable bonds is 5. The van der Waals surface area contributed by atoms with Gasteiger partial charge >= 0.3 is 0 Å². The van der Waals surface area contributed by atoms with Crippen LogP contribution < -0.4 is 4.90 Å². The Labute approximate surface area is 142 Å². The van der Waals surface area contributed by atoms with Crippen molar-refractivity contribution in [2.75, 3.05) is 51.7 Å². The van der Waals surface area contributed by atoms with Crippen molar-refractivity contribution in [3.05, 3.63) is 54.1 Å². The van der Waals surface area contributed by atoms with E-state index < -0.39 is 0 Å². The minimum absolute atomic E-state index is 0.0470. The highest BCUT2D eigenvalue weighted by Gasteiger charge is 2.24. The number of anilines is 1. The molecular weight excluding hydrogens is 305 g/mol. The summed E-state index contributed by atoms with van der Waals surface area (Å²) in [6.45, 7) is 4.45. The van der Waals surface area contributed by atoms with Crippen LogP contribution in [0.2, 0.25) is 0 Å². The van der Waals surface area contributed by atoms with E-state index in [1.54, 1.807) is 18.5 Å². The third-order valence-corrected chi connectivity index (χ3v) is 4.53. The average molecular weight is 329 g/mol. The van der Waals surface area contributed by atoms with Crippen LogP contribution in [0, 0.1) is 5.82 Å². The summed E-state index contributed by atoms with van der Waals surface area (Å²) < 4.78 is 14.2. The van der Waals surface area contributed by atoms with Crippen molar-refractivity contribution >= 4 is 5.95 Å². The molecule has 2 aromatic rings. The minimum Gasteiger partial charge on any atom is -0.338 e. The van der Waals surface area contributed by atoms with Gasteiger partial charge in [0, 0.05) is 56.7 Å². The molecule has 0 N–H and O–H groups in total. The van der Waals surface area contributed by atoms with Crippen molar-refractivity contribution in [3.8, 4) is 0 Å². The van der Waals surface area contributed by atoms with Crippen molar-refractivity contribution in [1.82, 2.24) is 19.8 Å². The monoisotopic (exact) mass is 329 g/mol. The van der Waals surface area contributed by atoms with Gasteiger partial charge in [0.05, 0.1) is 0 Å². The Morgan fingerprint density at radius 3 is 2.33 bits per heavy atom. The molecular formula is C18H24FN5. The highest BCUT2D eigenvalue weighted by Crippen LogP contribution is 2.23. The molecule has 6 heteroatoms. The van der Waals surface area contributed by atoms with Crippen LogP contribution in [0.25, 0.3) is 0 Å². The number of hydrogen-bond donors (Lipinski definition) is 0. The Morgan fingerprint density at radius 1 is 1.04 bits per heavy atom. The number of hydrogen-bond acceptors (Lipinski definition) is 5. The maximum absolute atomic E-state index is 14.2. The van der Waals surface area contributed by atoms with Gasteiger partial charge in [-0.15, -0.1) is 0 Å². The van der Waals surface area contributed by atoms with E-state index in [0.29, 0.717) is 0 Å². The first-order valence-electron chi connectivity index (χ1n) is 8.30. The van der Waals surface area contributed by atoms with E-state index in [9.17, 15) is 4.39 Å². The lowest BCUT2D eigenvalue weighted by atomic mass is 10.0. The molecule has 1 aromatic carbocycles. The van der Waals surface area contributed by atoms with Crippen molar-refractivity contribution in [2.45, 2.75) is 6.04 Å². The molecule has 2 heterocycles. The highest BCUT2D eigenvalue weighted by molar-refractivity contribution is 5.29. The lowest BCUT2D eigenvalue weighted by Gasteiger charge is -2.38. The summed E-state index contributed by atoms with van der Waals surface area (Å²) >= 11 is 0. The third-order valence-electron chi connectivity index (χ3n) is 4.53. The average Bonchev–Trinajstić information content (AvgIpc) is 2.61. The van der Waals surface area contributed by atoms with Gasteiger partial charge in [-0.05, 0) is 26.2 Å². The fourth-order valence-corrected chi connectivity index (χ4v) is 3.11. The molecule has 1 fully saturated rings. The number of benzene rings is 1. The first-order chi connectivity index (χ1) is 11.6. The molecule has 5 nitrogen and oxygen atoms in total. The van der Waals surface area contributed by atoms with Gasteiger partial charge in [0.15, 0.2) is 0 Å². The first-order valence-corrected chi connectivity index (χ1v) is 8.30. The van der Waals surface area contributed by atoms with Gasteiger partial charge in [-0.3, -0.25) is 4.90 Å². The summed E-state index contributed by atoms with van der Waals surface area (Å²) in [5.41, 5.74) is 0.760. The number of piperazine rings is 1. The van der Waals surface area contributed by atoms with Crippen molar-refractivity contribution in [2.24, 2.45) is 0 Å². The predicted molar refractivity (Wildman–Crippen MR) is 93.5 cm³/mol. The lowest BCUT2D eigenvalue weighted by molar-refractivity contribution is 0.173. The van der Waals surface area contributed by atoms with Crippen LogP contribution in [-0.4, -0.2) is 66.6 Å². The Hall–Kier alpha value is -2.05. The topological polar surface area (TPSA) is 35.5 Å². The summed E-state index contributed by atoms with van der Waals surface area (Å²) in [5, 5.41) is 0. The van der Waals surface area contributed by atoms with E-state index in [2.05, 4.69) is 24.7 Å². The zero-order valence-corrected chi connectivity index (χ0v) is 14.3. The van der Waals surface area contributed by atoms with E-state index in [1.807, 2.05) is 32.3 Å². The molecule has 1 aromatic heterocycles. The zero-order chi connectivity index (χ0) is 16.9. The molecule has 0 unspecified atom stereocenters. The second kappa shape index (κ2) is 7.68. The van der Waals surface area contributed by atoms with Crippen LogP contribution in [0.3, 0.4) is 0 Å². The molecule has 3 rings (SSSR count). The number of halogens is 1. The SMILES string of the molecule is CN(C)[C@H](CN1CCN(c2ncccn2)CC1)c1ccccc1F. The Kier molecular flexibility index (Phi) is 5.37. The Balaban J connectivity index is 1.63. The van der Waals surface area contributed by atoms with E-state index in [4.69, 9.17) is 0 Å². The third kappa shape index (κ3) is 3.88. The normalized spacial score (nSPS) is 17.2. The molecule has 128 valence electrons. The van der Waals surface area contributed by atoms with Crippen molar-refractivity contribution in [3.63, 3.8) is 0 Å². The fraction of sp³-hybridized carbons (Fsp3) is 0.444. The molecule has 0 amide bonds. The molecule has 1 aliphatic rings. The smallest absolute Gasteiger partial charge is 0.225 e. The summed E-state index contributed by atoms with van der Waals surface area (Å²) in [6, 6.07) is 8.94. The molecule has 1 aliphatic heterocycles. The predicted octanol–water partition coefficient (Wildman–Crippen LogP) is 2.04. The van der Waals surface area contributed by atoms with E-state index in [-0.39, 0.29) is 11.9 Å². The Bertz CT molecular complexity index is 641. The summed E-state index contributed by atoms with van der Waals surface area (Å²) in [5.74, 6) is 0.655. The van der Waals surface area contributed by atoms with Crippen molar-refractivity contribution < 1.29 is 4.39 Å². The fourth-order valence-electron chi connectivity index (χ4n) is 3.11. The maximum Gasteiger partial charge on any atom is 0.225 e. The van der Waals surface area contributed by atoms with Crippen LogP contribution in [-0.2, 0) is 0 Å². The lowest BCUT2D eigenvalue weighted by Crippen LogP contribution is -2.49. The van der Waals surface area contributed by atoms with E-state index >= 15 is 0 Å².